The summed E-state index contributed by atoms with van der Waals surface area (Å²) in [5.74, 6) is 0.0880. The van der Waals surface area contributed by atoms with Crippen LogP contribution in [0.3, 0.4) is 0 Å². The highest BCUT2D eigenvalue weighted by Crippen LogP contribution is 2.33. The molecule has 1 heterocycles. The van der Waals surface area contributed by atoms with Gasteiger partial charge < -0.3 is 14.5 Å². The van der Waals surface area contributed by atoms with Crippen molar-refractivity contribution in [3.63, 3.8) is 0 Å². The van der Waals surface area contributed by atoms with Crippen molar-refractivity contribution in [3.8, 4) is 16.9 Å². The summed E-state index contributed by atoms with van der Waals surface area (Å²) >= 11 is 12.2. The second-order valence-electron chi connectivity index (χ2n) is 7.35. The van der Waals surface area contributed by atoms with Crippen molar-refractivity contribution >= 4 is 51.8 Å². The molecule has 4 aromatic rings. The van der Waals surface area contributed by atoms with Crippen molar-refractivity contribution in [3.05, 3.63) is 98.3 Å². The number of carbonyl (C=O) groups excluding carboxylic acids is 1. The van der Waals surface area contributed by atoms with Crippen molar-refractivity contribution in [2.24, 2.45) is 0 Å². The lowest BCUT2D eigenvalue weighted by molar-refractivity contribution is -0.111. The largest absolute Gasteiger partial charge is 0.495 e. The molecule has 33 heavy (non-hydrogen) atoms. The van der Waals surface area contributed by atoms with Gasteiger partial charge >= 0.3 is 5.63 Å². The number of halogens is 2. The van der Waals surface area contributed by atoms with E-state index in [1.54, 1.807) is 42.5 Å². The molecule has 1 N–H and O–H groups in total. The van der Waals surface area contributed by atoms with E-state index in [4.69, 9.17) is 32.4 Å². The zero-order valence-electron chi connectivity index (χ0n) is 17.8. The van der Waals surface area contributed by atoms with Crippen molar-refractivity contribution in [1.29, 1.82) is 0 Å². The minimum atomic E-state index is -0.411. The summed E-state index contributed by atoms with van der Waals surface area (Å²) in [7, 11) is 1.49. The lowest BCUT2D eigenvalue weighted by atomic mass is 10.0. The number of benzene rings is 3. The average molecular weight is 480 g/mol. The van der Waals surface area contributed by atoms with Crippen LogP contribution in [-0.2, 0) is 4.79 Å². The second kappa shape index (κ2) is 9.53. The van der Waals surface area contributed by atoms with Gasteiger partial charge in [0.15, 0.2) is 0 Å². The SMILES string of the molecule is COc1c(Cl)cc(Cl)cc1/C=C/C(=O)Nc1ccc(-c2cc3ccccc3oc2=O)c(C)c1. The summed E-state index contributed by atoms with van der Waals surface area (Å²) in [5.41, 5.74) is 3.33. The highest BCUT2D eigenvalue weighted by atomic mass is 35.5. The van der Waals surface area contributed by atoms with Gasteiger partial charge in [-0.05, 0) is 60.5 Å². The Balaban J connectivity index is 1.56. The molecule has 0 fully saturated rings. The third-order valence-electron chi connectivity index (χ3n) is 5.08. The number of methoxy groups -OCH3 is 1. The molecule has 0 saturated carbocycles. The summed E-state index contributed by atoms with van der Waals surface area (Å²) in [4.78, 5) is 24.9. The van der Waals surface area contributed by atoms with Crippen molar-refractivity contribution in [2.75, 3.05) is 12.4 Å². The third kappa shape index (κ3) is 4.95. The molecule has 7 heteroatoms. The van der Waals surface area contributed by atoms with Gasteiger partial charge in [-0.15, -0.1) is 0 Å². The zero-order chi connectivity index (χ0) is 23.5. The van der Waals surface area contributed by atoms with E-state index in [2.05, 4.69) is 5.32 Å². The van der Waals surface area contributed by atoms with Crippen LogP contribution in [0, 0.1) is 6.92 Å². The molecule has 0 bridgehead atoms. The maximum absolute atomic E-state index is 12.5. The van der Waals surface area contributed by atoms with E-state index in [0.29, 0.717) is 38.2 Å². The molecule has 1 aromatic heterocycles. The number of nitrogens with one attached hydrogen (secondary N) is 1. The van der Waals surface area contributed by atoms with Crippen LogP contribution in [0.4, 0.5) is 5.69 Å². The molecule has 0 spiro atoms. The number of amides is 1. The van der Waals surface area contributed by atoms with Crippen molar-refractivity contribution in [1.82, 2.24) is 0 Å². The van der Waals surface area contributed by atoms with Gasteiger partial charge in [-0.2, -0.15) is 0 Å². The molecule has 0 unspecified atom stereocenters. The summed E-state index contributed by atoms with van der Waals surface area (Å²) in [5, 5.41) is 4.44. The Bertz CT molecular complexity index is 1460. The van der Waals surface area contributed by atoms with E-state index in [9.17, 15) is 9.59 Å². The Hall–Kier alpha value is -3.54. The standard InChI is InChI=1S/C26H19Cl2NO4/c1-15-11-19(29-24(30)10-7-17-12-18(27)14-22(28)25(17)32-2)8-9-20(15)21-13-16-5-3-4-6-23(16)33-26(21)31/h3-14H,1-2H3,(H,29,30)/b10-7+. The number of carbonyl (C=O) groups is 1. The number of anilines is 1. The van der Waals surface area contributed by atoms with Crippen LogP contribution in [-0.4, -0.2) is 13.0 Å². The summed E-state index contributed by atoms with van der Waals surface area (Å²) in [6.45, 7) is 1.87. The number of hydrogen-bond donors (Lipinski definition) is 1. The van der Waals surface area contributed by atoms with Crippen LogP contribution in [0.1, 0.15) is 11.1 Å². The van der Waals surface area contributed by atoms with Crippen LogP contribution in [0.25, 0.3) is 28.2 Å². The Morgan fingerprint density at radius 1 is 1.03 bits per heavy atom. The molecular weight excluding hydrogens is 461 g/mol. The maximum atomic E-state index is 12.5. The molecule has 0 saturated heterocycles. The molecule has 4 rings (SSSR count). The number of hydrogen-bond acceptors (Lipinski definition) is 4. The lowest BCUT2D eigenvalue weighted by Gasteiger charge is -2.10. The average Bonchev–Trinajstić information content (AvgIpc) is 2.77. The molecule has 1 amide bonds. The molecule has 166 valence electrons. The van der Waals surface area contributed by atoms with Crippen molar-refractivity contribution in [2.45, 2.75) is 6.92 Å². The normalized spacial score (nSPS) is 11.2. The van der Waals surface area contributed by atoms with Gasteiger partial charge in [0.25, 0.3) is 0 Å². The number of ether oxygens (including phenoxy) is 1. The van der Waals surface area contributed by atoms with Crippen LogP contribution < -0.4 is 15.7 Å². The van der Waals surface area contributed by atoms with E-state index in [-0.39, 0.29) is 5.91 Å². The molecule has 3 aromatic carbocycles. The van der Waals surface area contributed by atoms with Crippen LogP contribution >= 0.6 is 23.2 Å². The predicted molar refractivity (Wildman–Crippen MR) is 133 cm³/mol. The highest BCUT2D eigenvalue weighted by molar-refractivity contribution is 6.36. The first-order valence-electron chi connectivity index (χ1n) is 10.0. The summed E-state index contributed by atoms with van der Waals surface area (Å²) in [6, 6.07) is 17.7. The lowest BCUT2D eigenvalue weighted by Crippen LogP contribution is -2.08. The molecule has 5 nitrogen and oxygen atoms in total. The fourth-order valence-corrected chi connectivity index (χ4v) is 4.15. The predicted octanol–water partition coefficient (Wildman–Crippen LogP) is 6.74. The van der Waals surface area contributed by atoms with Gasteiger partial charge in [-0.3, -0.25) is 4.79 Å². The number of fused-ring (bicyclic) bond motifs is 1. The fraction of sp³-hybridized carbons (Fsp3) is 0.0769. The summed E-state index contributed by atoms with van der Waals surface area (Å²) < 4.78 is 10.7. The zero-order valence-corrected chi connectivity index (χ0v) is 19.3. The molecule has 0 atom stereocenters. The quantitative estimate of drug-likeness (QED) is 0.254. The Kier molecular flexibility index (Phi) is 6.54. The third-order valence-corrected chi connectivity index (χ3v) is 5.58. The van der Waals surface area contributed by atoms with Crippen LogP contribution in [0.15, 0.2) is 76.0 Å². The molecule has 0 aliphatic carbocycles. The van der Waals surface area contributed by atoms with E-state index in [1.165, 1.54) is 13.2 Å². The van der Waals surface area contributed by atoms with Gasteiger partial charge in [0.2, 0.25) is 5.91 Å². The van der Waals surface area contributed by atoms with E-state index in [0.717, 1.165) is 16.5 Å². The van der Waals surface area contributed by atoms with Crippen molar-refractivity contribution < 1.29 is 13.9 Å². The maximum Gasteiger partial charge on any atom is 0.344 e. The number of aryl methyl sites for hydroxylation is 1. The van der Waals surface area contributed by atoms with Crippen LogP contribution in [0.5, 0.6) is 5.75 Å². The number of rotatable bonds is 5. The smallest absolute Gasteiger partial charge is 0.344 e. The van der Waals surface area contributed by atoms with Gasteiger partial charge in [0.05, 0.1) is 17.7 Å². The first-order chi connectivity index (χ1) is 15.9. The first kappa shape index (κ1) is 22.6. The molecule has 0 aliphatic rings. The van der Waals surface area contributed by atoms with E-state index in [1.807, 2.05) is 31.2 Å². The highest BCUT2D eigenvalue weighted by Gasteiger charge is 2.12. The second-order valence-corrected chi connectivity index (χ2v) is 8.19. The van der Waals surface area contributed by atoms with Gasteiger partial charge in [0.1, 0.15) is 11.3 Å². The number of para-hydroxylation sites is 1. The molecule has 0 radical (unpaired) electrons. The minimum Gasteiger partial charge on any atom is -0.495 e. The Labute approximate surface area is 200 Å². The minimum absolute atomic E-state index is 0.342. The Morgan fingerprint density at radius 3 is 2.58 bits per heavy atom. The van der Waals surface area contributed by atoms with E-state index < -0.39 is 5.63 Å². The molecular formula is C26H19Cl2NO4. The first-order valence-corrected chi connectivity index (χ1v) is 10.8. The van der Waals surface area contributed by atoms with Gasteiger partial charge in [-0.25, -0.2) is 4.79 Å². The molecule has 0 aliphatic heterocycles. The van der Waals surface area contributed by atoms with Gasteiger partial charge in [0, 0.05) is 27.7 Å². The monoisotopic (exact) mass is 479 g/mol. The Morgan fingerprint density at radius 2 is 1.82 bits per heavy atom. The van der Waals surface area contributed by atoms with E-state index >= 15 is 0 Å². The summed E-state index contributed by atoms with van der Waals surface area (Å²) in [6.07, 6.45) is 2.94. The van der Waals surface area contributed by atoms with Gasteiger partial charge in [-0.1, -0.05) is 47.5 Å². The topological polar surface area (TPSA) is 68.5 Å². The fourth-order valence-electron chi connectivity index (χ4n) is 3.56. The van der Waals surface area contributed by atoms with Crippen LogP contribution in [0.2, 0.25) is 10.0 Å².